The number of pyridine rings is 1. The maximum absolute atomic E-state index is 12.4. The zero-order chi connectivity index (χ0) is 16.8. The topological polar surface area (TPSA) is 63.4 Å². The molecule has 1 rings (SSSR count). The van der Waals surface area contributed by atoms with Crippen molar-refractivity contribution in [1.82, 2.24) is 10.3 Å². The molecule has 0 bridgehead atoms. The molecule has 3 N–H and O–H groups in total. The monoisotopic (exact) mass is 324 g/mol. The summed E-state index contributed by atoms with van der Waals surface area (Å²) in [4.78, 5) is 5.67. The Morgan fingerprint density at radius 2 is 2.09 bits per heavy atom. The van der Waals surface area contributed by atoms with E-state index in [0.29, 0.717) is 18.8 Å². The van der Waals surface area contributed by atoms with Crippen molar-refractivity contribution >= 4 is 11.5 Å². The number of alkyl halides is 4. The van der Waals surface area contributed by atoms with E-state index in [0.717, 1.165) is 0 Å². The van der Waals surface area contributed by atoms with E-state index in [1.54, 1.807) is 25.1 Å². The second-order valence-corrected chi connectivity index (χ2v) is 4.81. The van der Waals surface area contributed by atoms with Gasteiger partial charge in [-0.1, -0.05) is 0 Å². The Hall–Kier alpha value is -1.77. The maximum Gasteiger partial charge on any atom is 0.422 e. The number of nitrogens with one attached hydrogen (secondary N) is 1. The maximum atomic E-state index is 12.4. The summed E-state index contributed by atoms with van der Waals surface area (Å²) >= 11 is 0. The Bertz CT molecular complexity index is 470. The zero-order valence-corrected chi connectivity index (χ0v) is 12.5. The zero-order valence-electron chi connectivity index (χ0n) is 12.5. The van der Waals surface area contributed by atoms with Crippen LogP contribution in [0, 0.1) is 0 Å². The van der Waals surface area contributed by atoms with Crippen molar-refractivity contribution < 1.29 is 22.3 Å². The Kier molecular flexibility index (Phi) is 6.66. The third-order valence-electron chi connectivity index (χ3n) is 3.00. The number of halogens is 4. The highest BCUT2D eigenvalue weighted by Crippen LogP contribution is 2.25. The van der Waals surface area contributed by atoms with E-state index in [1.807, 2.05) is 0 Å². The minimum Gasteiger partial charge on any atom is -0.466 e. The van der Waals surface area contributed by atoms with E-state index in [1.165, 1.54) is 6.07 Å². The van der Waals surface area contributed by atoms with Crippen molar-refractivity contribution in [2.75, 3.05) is 44.6 Å². The minimum absolute atomic E-state index is 0.0234. The summed E-state index contributed by atoms with van der Waals surface area (Å²) in [5, 5.41) is 2.96. The van der Waals surface area contributed by atoms with Gasteiger partial charge < -0.3 is 20.7 Å². The van der Waals surface area contributed by atoms with E-state index < -0.39 is 19.5 Å². The molecule has 1 heterocycles. The molecule has 1 aromatic rings. The average molecular weight is 324 g/mol. The predicted molar refractivity (Wildman–Crippen MR) is 76.9 cm³/mol. The molecule has 0 amide bonds. The summed E-state index contributed by atoms with van der Waals surface area (Å²) in [5.41, 5.74) is 5.58. The van der Waals surface area contributed by atoms with Gasteiger partial charge in [-0.25, -0.2) is 0 Å². The molecule has 0 fully saturated rings. The van der Waals surface area contributed by atoms with Crippen molar-refractivity contribution in [2.24, 2.45) is 0 Å². The number of hydrogen-bond acceptors (Lipinski definition) is 5. The number of rotatable bonds is 8. The van der Waals surface area contributed by atoms with Crippen molar-refractivity contribution in [3.8, 4) is 5.88 Å². The SMILES string of the molecule is CNC(CCF)CN(C)c1ccc(N)c(OCC(F)(F)F)n1. The summed E-state index contributed by atoms with van der Waals surface area (Å²) in [5.74, 6) is 0.124. The third kappa shape index (κ3) is 5.92. The number of aromatic nitrogens is 1. The van der Waals surface area contributed by atoms with Crippen LogP contribution in [-0.4, -0.2) is 51.1 Å². The highest BCUT2D eigenvalue weighted by atomic mass is 19.4. The molecule has 126 valence electrons. The van der Waals surface area contributed by atoms with Gasteiger partial charge in [-0.15, -0.1) is 0 Å². The molecule has 0 aliphatic heterocycles. The minimum atomic E-state index is -4.46. The fourth-order valence-electron chi connectivity index (χ4n) is 1.80. The van der Waals surface area contributed by atoms with E-state index >= 15 is 0 Å². The van der Waals surface area contributed by atoms with Crippen molar-refractivity contribution in [3.05, 3.63) is 12.1 Å². The number of ether oxygens (including phenoxy) is 1. The van der Waals surface area contributed by atoms with Gasteiger partial charge in [0.1, 0.15) is 5.82 Å². The second-order valence-electron chi connectivity index (χ2n) is 4.81. The predicted octanol–water partition coefficient (Wildman–Crippen LogP) is 1.99. The Balaban J connectivity index is 2.78. The number of nitrogens with two attached hydrogens (primary N) is 1. The largest absolute Gasteiger partial charge is 0.466 e. The number of likely N-dealkylation sites (N-methyl/N-ethyl adjacent to an activating group) is 2. The van der Waals surface area contributed by atoms with Crippen LogP contribution in [0.5, 0.6) is 5.88 Å². The molecule has 0 saturated carbocycles. The van der Waals surface area contributed by atoms with Crippen LogP contribution in [0.2, 0.25) is 0 Å². The summed E-state index contributed by atoms with van der Waals surface area (Å²) < 4.78 is 53.6. The summed E-state index contributed by atoms with van der Waals surface area (Å²) in [7, 11) is 3.41. The van der Waals surface area contributed by atoms with Gasteiger partial charge >= 0.3 is 6.18 Å². The van der Waals surface area contributed by atoms with E-state index in [-0.39, 0.29) is 17.6 Å². The van der Waals surface area contributed by atoms with E-state index in [9.17, 15) is 17.6 Å². The molecule has 1 atom stereocenters. The first-order valence-corrected chi connectivity index (χ1v) is 6.67. The van der Waals surface area contributed by atoms with Crippen LogP contribution in [0.25, 0.3) is 0 Å². The third-order valence-corrected chi connectivity index (χ3v) is 3.00. The molecule has 0 saturated heterocycles. The van der Waals surface area contributed by atoms with Gasteiger partial charge in [0, 0.05) is 19.6 Å². The van der Waals surface area contributed by atoms with Crippen LogP contribution in [0.4, 0.5) is 29.1 Å². The average Bonchev–Trinajstić information content (AvgIpc) is 2.44. The van der Waals surface area contributed by atoms with Gasteiger partial charge in [-0.2, -0.15) is 18.2 Å². The molecular formula is C13H20F4N4O. The van der Waals surface area contributed by atoms with Gasteiger partial charge in [0.25, 0.3) is 0 Å². The van der Waals surface area contributed by atoms with Gasteiger partial charge in [0.05, 0.1) is 12.4 Å². The molecule has 0 aliphatic rings. The van der Waals surface area contributed by atoms with Crippen LogP contribution in [0.1, 0.15) is 6.42 Å². The molecule has 0 aliphatic carbocycles. The number of anilines is 2. The van der Waals surface area contributed by atoms with Gasteiger partial charge in [-0.3, -0.25) is 4.39 Å². The van der Waals surface area contributed by atoms with Crippen LogP contribution in [-0.2, 0) is 0 Å². The van der Waals surface area contributed by atoms with Crippen molar-refractivity contribution in [1.29, 1.82) is 0 Å². The van der Waals surface area contributed by atoms with E-state index in [4.69, 9.17) is 5.73 Å². The molecule has 1 aromatic heterocycles. The lowest BCUT2D eigenvalue weighted by atomic mass is 10.2. The quantitative estimate of drug-likeness (QED) is 0.716. The van der Waals surface area contributed by atoms with Gasteiger partial charge in [0.15, 0.2) is 6.61 Å². The summed E-state index contributed by atoms with van der Waals surface area (Å²) in [6.07, 6.45) is -4.14. The van der Waals surface area contributed by atoms with Crippen molar-refractivity contribution in [2.45, 2.75) is 18.6 Å². The Labute approximate surface area is 126 Å². The smallest absolute Gasteiger partial charge is 0.422 e. The molecule has 0 aromatic carbocycles. The highest BCUT2D eigenvalue weighted by molar-refractivity contribution is 5.54. The lowest BCUT2D eigenvalue weighted by Gasteiger charge is -2.24. The van der Waals surface area contributed by atoms with Crippen LogP contribution < -0.4 is 20.7 Å². The molecule has 0 spiro atoms. The number of nitrogens with zero attached hydrogens (tertiary/aromatic N) is 2. The van der Waals surface area contributed by atoms with Gasteiger partial charge in [-0.05, 0) is 25.6 Å². The number of nitrogen functional groups attached to an aromatic ring is 1. The highest BCUT2D eigenvalue weighted by Gasteiger charge is 2.29. The lowest BCUT2D eigenvalue weighted by Crippen LogP contribution is -2.38. The fraction of sp³-hybridized carbons (Fsp3) is 0.615. The number of hydrogen-bond donors (Lipinski definition) is 2. The van der Waals surface area contributed by atoms with Crippen LogP contribution in [0.3, 0.4) is 0 Å². The molecule has 22 heavy (non-hydrogen) atoms. The van der Waals surface area contributed by atoms with Gasteiger partial charge in [0.2, 0.25) is 5.88 Å². The van der Waals surface area contributed by atoms with Crippen molar-refractivity contribution in [3.63, 3.8) is 0 Å². The second kappa shape index (κ2) is 8.02. The molecule has 1 unspecified atom stereocenters. The Morgan fingerprint density at radius 1 is 1.41 bits per heavy atom. The van der Waals surface area contributed by atoms with Crippen LogP contribution >= 0.6 is 0 Å². The molecule has 0 radical (unpaired) electrons. The first-order valence-electron chi connectivity index (χ1n) is 6.67. The normalized spacial score (nSPS) is 13.0. The lowest BCUT2D eigenvalue weighted by molar-refractivity contribution is -0.153. The van der Waals surface area contributed by atoms with E-state index in [2.05, 4.69) is 15.0 Å². The standard InChI is InChI=1S/C13H20F4N4O/c1-19-9(5-6-14)7-21(2)11-4-3-10(18)12(20-11)22-8-13(15,16)17/h3-4,9,19H,5-8,18H2,1-2H3. The summed E-state index contributed by atoms with van der Waals surface area (Å²) in [6, 6.07) is 2.89. The first kappa shape index (κ1) is 18.3. The summed E-state index contributed by atoms with van der Waals surface area (Å²) in [6.45, 7) is -1.48. The molecule has 5 nitrogen and oxygen atoms in total. The Morgan fingerprint density at radius 3 is 2.64 bits per heavy atom. The van der Waals surface area contributed by atoms with Crippen LogP contribution in [0.15, 0.2) is 12.1 Å². The molecular weight excluding hydrogens is 304 g/mol. The molecule has 9 heteroatoms. The fourth-order valence-corrected chi connectivity index (χ4v) is 1.80. The first-order chi connectivity index (χ1) is 10.3.